The van der Waals surface area contributed by atoms with Crippen molar-refractivity contribution in [2.45, 2.75) is 38.6 Å². The molecule has 0 unspecified atom stereocenters. The Hall–Kier alpha value is -1.65. The second kappa shape index (κ2) is 8.45. The molecule has 1 heterocycles. The quantitative estimate of drug-likeness (QED) is 0.775. The van der Waals surface area contributed by atoms with Crippen molar-refractivity contribution in [3.05, 3.63) is 57.3 Å². The molecule has 0 aliphatic heterocycles. The molecule has 0 radical (unpaired) electrons. The van der Waals surface area contributed by atoms with Crippen LogP contribution < -0.4 is 5.32 Å². The second-order valence-electron chi connectivity index (χ2n) is 6.59. The first-order chi connectivity index (χ1) is 11.7. The molecule has 0 bridgehead atoms. The molecule has 2 aromatic rings. The number of nitrogens with zero attached hydrogens (tertiary/aromatic N) is 1. The van der Waals surface area contributed by atoms with E-state index in [4.69, 9.17) is 0 Å². The van der Waals surface area contributed by atoms with Crippen LogP contribution >= 0.6 is 11.3 Å². The number of nitrogens with one attached hydrogen (secondary N) is 1. The van der Waals surface area contributed by atoms with Crippen LogP contribution in [-0.4, -0.2) is 30.9 Å². The van der Waals surface area contributed by atoms with Crippen LogP contribution in [0.2, 0.25) is 0 Å². The Kier molecular flexibility index (Phi) is 6.05. The van der Waals surface area contributed by atoms with Gasteiger partial charge in [-0.25, -0.2) is 0 Å². The normalized spacial score (nSPS) is 13.8. The van der Waals surface area contributed by atoms with Gasteiger partial charge in [0.1, 0.15) is 0 Å². The molecule has 4 heteroatoms. The highest BCUT2D eigenvalue weighted by Crippen LogP contribution is 2.30. The Morgan fingerprint density at radius 2 is 2.00 bits per heavy atom. The third-order valence-corrected chi connectivity index (χ3v) is 5.69. The first-order valence-corrected chi connectivity index (χ1v) is 9.72. The van der Waals surface area contributed by atoms with E-state index in [1.54, 1.807) is 11.3 Å². The SMILES string of the molecule is CN(CCCNC(=O)c1csc2c1CCCC2)Cc1ccccc1. The molecule has 0 spiro atoms. The number of hydrogen-bond acceptors (Lipinski definition) is 3. The Balaban J connectivity index is 1.40. The van der Waals surface area contributed by atoms with Crippen LogP contribution in [0.4, 0.5) is 0 Å². The lowest BCUT2D eigenvalue weighted by molar-refractivity contribution is 0.0951. The maximum Gasteiger partial charge on any atom is 0.252 e. The topological polar surface area (TPSA) is 32.3 Å². The van der Waals surface area contributed by atoms with Gasteiger partial charge < -0.3 is 10.2 Å². The van der Waals surface area contributed by atoms with E-state index >= 15 is 0 Å². The van der Waals surface area contributed by atoms with Crippen LogP contribution in [0.3, 0.4) is 0 Å². The van der Waals surface area contributed by atoms with Crippen molar-refractivity contribution in [1.29, 1.82) is 0 Å². The van der Waals surface area contributed by atoms with Crippen LogP contribution in [0.1, 0.15) is 45.6 Å². The van der Waals surface area contributed by atoms with Gasteiger partial charge >= 0.3 is 0 Å². The van der Waals surface area contributed by atoms with Crippen molar-refractivity contribution >= 4 is 17.2 Å². The number of rotatable bonds is 7. The van der Waals surface area contributed by atoms with Crippen molar-refractivity contribution in [3.63, 3.8) is 0 Å². The lowest BCUT2D eigenvalue weighted by Gasteiger charge is -2.17. The Morgan fingerprint density at radius 3 is 2.83 bits per heavy atom. The minimum absolute atomic E-state index is 0.111. The van der Waals surface area contributed by atoms with E-state index in [1.807, 2.05) is 11.4 Å². The number of hydrogen-bond donors (Lipinski definition) is 1. The lowest BCUT2D eigenvalue weighted by Crippen LogP contribution is -2.28. The van der Waals surface area contributed by atoms with Gasteiger partial charge in [-0.2, -0.15) is 0 Å². The molecule has 0 atom stereocenters. The molecular weight excluding hydrogens is 316 g/mol. The molecule has 0 saturated carbocycles. The summed E-state index contributed by atoms with van der Waals surface area (Å²) < 4.78 is 0. The van der Waals surface area contributed by atoms with Gasteiger partial charge in [-0.1, -0.05) is 30.3 Å². The smallest absolute Gasteiger partial charge is 0.252 e. The molecule has 1 aromatic carbocycles. The van der Waals surface area contributed by atoms with Crippen LogP contribution in [-0.2, 0) is 19.4 Å². The summed E-state index contributed by atoms with van der Waals surface area (Å²) in [5, 5.41) is 5.14. The van der Waals surface area contributed by atoms with E-state index < -0.39 is 0 Å². The van der Waals surface area contributed by atoms with E-state index in [2.05, 4.69) is 41.5 Å². The molecule has 0 saturated heterocycles. The van der Waals surface area contributed by atoms with Crippen molar-refractivity contribution in [1.82, 2.24) is 10.2 Å². The fourth-order valence-electron chi connectivity index (χ4n) is 3.30. The Morgan fingerprint density at radius 1 is 1.21 bits per heavy atom. The molecule has 1 aromatic heterocycles. The third-order valence-electron chi connectivity index (χ3n) is 4.60. The molecule has 3 nitrogen and oxygen atoms in total. The van der Waals surface area contributed by atoms with Crippen molar-refractivity contribution < 1.29 is 4.79 Å². The number of carbonyl (C=O) groups is 1. The largest absolute Gasteiger partial charge is 0.352 e. The number of amides is 1. The number of carbonyl (C=O) groups excluding carboxylic acids is 1. The minimum atomic E-state index is 0.111. The number of benzene rings is 1. The summed E-state index contributed by atoms with van der Waals surface area (Å²) in [5.74, 6) is 0.111. The van der Waals surface area contributed by atoms with Gasteiger partial charge in [0.05, 0.1) is 5.56 Å². The summed E-state index contributed by atoms with van der Waals surface area (Å²) in [6, 6.07) is 10.5. The molecule has 128 valence electrons. The van der Waals surface area contributed by atoms with Gasteiger partial charge in [-0.05, 0) is 56.8 Å². The van der Waals surface area contributed by atoms with Crippen molar-refractivity contribution in [3.8, 4) is 0 Å². The molecule has 1 aliphatic carbocycles. The minimum Gasteiger partial charge on any atom is -0.352 e. The van der Waals surface area contributed by atoms with E-state index in [9.17, 15) is 4.79 Å². The number of thiophene rings is 1. The van der Waals surface area contributed by atoms with Crippen LogP contribution in [0.5, 0.6) is 0 Å². The Bertz CT molecular complexity index is 666. The number of fused-ring (bicyclic) bond motifs is 1. The predicted octanol–water partition coefficient (Wildman–Crippen LogP) is 3.88. The second-order valence-corrected chi connectivity index (χ2v) is 7.56. The summed E-state index contributed by atoms with van der Waals surface area (Å²) in [5.41, 5.74) is 3.56. The van der Waals surface area contributed by atoms with Crippen molar-refractivity contribution in [2.75, 3.05) is 20.1 Å². The maximum atomic E-state index is 12.4. The van der Waals surface area contributed by atoms with Gasteiger partial charge in [-0.15, -0.1) is 11.3 Å². The summed E-state index contributed by atoms with van der Waals surface area (Å²) in [6.07, 6.45) is 5.68. The molecule has 0 fully saturated rings. The van der Waals surface area contributed by atoms with E-state index in [0.29, 0.717) is 0 Å². The molecule has 3 rings (SSSR count). The van der Waals surface area contributed by atoms with Gasteiger partial charge in [0.2, 0.25) is 0 Å². The molecule has 24 heavy (non-hydrogen) atoms. The first-order valence-electron chi connectivity index (χ1n) is 8.84. The summed E-state index contributed by atoms with van der Waals surface area (Å²) in [4.78, 5) is 16.1. The van der Waals surface area contributed by atoms with E-state index in [1.165, 1.54) is 28.8 Å². The van der Waals surface area contributed by atoms with Gasteiger partial charge in [0.25, 0.3) is 5.91 Å². The van der Waals surface area contributed by atoms with Gasteiger partial charge in [0.15, 0.2) is 0 Å². The highest BCUT2D eigenvalue weighted by atomic mass is 32.1. The standard InChI is InChI=1S/C20H26N2OS/c1-22(14-16-8-3-2-4-9-16)13-7-12-21-20(23)18-15-24-19-11-6-5-10-17(18)19/h2-4,8-9,15H,5-7,10-14H2,1H3,(H,21,23). The third kappa shape index (κ3) is 4.46. The summed E-state index contributed by atoms with van der Waals surface area (Å²) >= 11 is 1.76. The highest BCUT2D eigenvalue weighted by Gasteiger charge is 2.19. The number of aryl methyl sites for hydroxylation is 1. The Labute approximate surface area is 148 Å². The summed E-state index contributed by atoms with van der Waals surface area (Å²) in [7, 11) is 2.13. The van der Waals surface area contributed by atoms with Gasteiger partial charge in [0, 0.05) is 23.3 Å². The molecule has 1 N–H and O–H groups in total. The van der Waals surface area contributed by atoms with E-state index in [-0.39, 0.29) is 5.91 Å². The average Bonchev–Trinajstić information content (AvgIpc) is 3.03. The zero-order chi connectivity index (χ0) is 16.8. The lowest BCUT2D eigenvalue weighted by atomic mass is 9.96. The fraction of sp³-hybridized carbons (Fsp3) is 0.450. The summed E-state index contributed by atoms with van der Waals surface area (Å²) in [6.45, 7) is 2.67. The fourth-order valence-corrected chi connectivity index (χ4v) is 4.43. The first kappa shape index (κ1) is 17.2. The maximum absolute atomic E-state index is 12.4. The predicted molar refractivity (Wildman–Crippen MR) is 101 cm³/mol. The van der Waals surface area contributed by atoms with Crippen LogP contribution in [0.15, 0.2) is 35.7 Å². The molecular formula is C20H26N2OS. The van der Waals surface area contributed by atoms with E-state index in [0.717, 1.165) is 44.5 Å². The zero-order valence-electron chi connectivity index (χ0n) is 14.4. The highest BCUT2D eigenvalue weighted by molar-refractivity contribution is 7.10. The monoisotopic (exact) mass is 342 g/mol. The molecule has 1 amide bonds. The zero-order valence-corrected chi connectivity index (χ0v) is 15.2. The molecule has 1 aliphatic rings. The van der Waals surface area contributed by atoms with Crippen LogP contribution in [0.25, 0.3) is 0 Å². The van der Waals surface area contributed by atoms with Gasteiger partial charge in [-0.3, -0.25) is 4.79 Å². The van der Waals surface area contributed by atoms with Crippen LogP contribution in [0, 0.1) is 0 Å². The average molecular weight is 343 g/mol. The van der Waals surface area contributed by atoms with Crippen molar-refractivity contribution in [2.24, 2.45) is 0 Å².